The van der Waals surface area contributed by atoms with E-state index in [1.165, 1.54) is 14.3 Å². The van der Waals surface area contributed by atoms with Crippen LogP contribution in [-0.2, 0) is 0 Å². The molecule has 0 spiro atoms. The van der Waals surface area contributed by atoms with Crippen molar-refractivity contribution in [3.63, 3.8) is 0 Å². The third-order valence-corrected chi connectivity index (χ3v) is 4.72. The second kappa shape index (κ2) is 4.05. The largest absolute Gasteiger partial charge is 0.467 e. The fraction of sp³-hybridized carbons (Fsp3) is 0.167. The summed E-state index contributed by atoms with van der Waals surface area (Å²) in [4.78, 5) is 1.30. The van der Waals surface area contributed by atoms with E-state index < -0.39 is 0 Å². The molecule has 0 fully saturated rings. The van der Waals surface area contributed by atoms with Crippen molar-refractivity contribution in [2.24, 2.45) is 0 Å². The molecule has 0 aromatic carbocycles. The molecule has 0 saturated carbocycles. The smallest absolute Gasteiger partial charge is 0.126 e. The maximum absolute atomic E-state index is 5.46. The first kappa shape index (κ1) is 10.1. The highest BCUT2D eigenvalue weighted by molar-refractivity contribution is 7.26. The Morgan fingerprint density at radius 2 is 2.25 bits per heavy atom. The van der Waals surface area contributed by atoms with E-state index in [9.17, 15) is 0 Å². The van der Waals surface area contributed by atoms with Gasteiger partial charge in [0, 0.05) is 14.3 Å². The van der Waals surface area contributed by atoms with Gasteiger partial charge in [-0.1, -0.05) is 0 Å². The summed E-state index contributed by atoms with van der Waals surface area (Å²) in [5.41, 5.74) is 0. The van der Waals surface area contributed by atoms with Crippen molar-refractivity contribution in [1.82, 2.24) is 5.32 Å². The average molecular weight is 249 g/mol. The van der Waals surface area contributed by atoms with E-state index >= 15 is 0 Å². The fourth-order valence-corrected chi connectivity index (χ4v) is 4.05. The van der Waals surface area contributed by atoms with Crippen LogP contribution in [0.4, 0.5) is 0 Å². The lowest BCUT2D eigenvalue weighted by atomic mass is 10.2. The van der Waals surface area contributed by atoms with Crippen molar-refractivity contribution in [2.45, 2.75) is 6.04 Å². The summed E-state index contributed by atoms with van der Waals surface area (Å²) < 4.78 is 8.17. The van der Waals surface area contributed by atoms with Crippen LogP contribution in [-0.4, -0.2) is 7.05 Å². The summed E-state index contributed by atoms with van der Waals surface area (Å²) >= 11 is 3.61. The van der Waals surface area contributed by atoms with Crippen LogP contribution in [0.3, 0.4) is 0 Å². The molecule has 2 nitrogen and oxygen atoms in total. The molecule has 0 amide bonds. The summed E-state index contributed by atoms with van der Waals surface area (Å²) in [5, 5.41) is 5.42. The first-order valence-electron chi connectivity index (χ1n) is 5.06. The maximum atomic E-state index is 5.46. The van der Waals surface area contributed by atoms with Crippen molar-refractivity contribution in [1.29, 1.82) is 0 Å². The van der Waals surface area contributed by atoms with Crippen molar-refractivity contribution < 1.29 is 4.42 Å². The summed E-state index contributed by atoms with van der Waals surface area (Å²) in [6, 6.07) is 8.52. The zero-order chi connectivity index (χ0) is 11.0. The Labute approximate surface area is 102 Å². The van der Waals surface area contributed by atoms with E-state index in [-0.39, 0.29) is 6.04 Å². The third kappa shape index (κ3) is 1.59. The normalized spacial score (nSPS) is 13.3. The highest BCUT2D eigenvalue weighted by Crippen LogP contribution is 2.35. The van der Waals surface area contributed by atoms with E-state index in [4.69, 9.17) is 4.42 Å². The number of nitrogens with one attached hydrogen (secondary N) is 1. The van der Waals surface area contributed by atoms with Gasteiger partial charge in [-0.25, -0.2) is 0 Å². The molecule has 16 heavy (non-hydrogen) atoms. The Hall–Kier alpha value is -1.10. The number of hydrogen-bond acceptors (Lipinski definition) is 4. The van der Waals surface area contributed by atoms with Gasteiger partial charge in [-0.05, 0) is 36.7 Å². The molecule has 3 heterocycles. The molecule has 3 rings (SSSR count). The topological polar surface area (TPSA) is 25.2 Å². The van der Waals surface area contributed by atoms with E-state index in [1.54, 1.807) is 17.6 Å². The first-order chi connectivity index (χ1) is 7.88. The predicted octanol–water partition coefficient (Wildman–Crippen LogP) is 3.86. The molecular formula is C12H11NOS2. The predicted molar refractivity (Wildman–Crippen MR) is 69.3 cm³/mol. The van der Waals surface area contributed by atoms with Gasteiger partial charge in [-0.2, -0.15) is 0 Å². The SMILES string of the molecule is CNC(c1ccco1)c1cc2sccc2s1. The highest BCUT2D eigenvalue weighted by atomic mass is 32.1. The van der Waals surface area contributed by atoms with Crippen LogP contribution in [0.1, 0.15) is 16.7 Å². The van der Waals surface area contributed by atoms with Crippen LogP contribution in [0.25, 0.3) is 9.40 Å². The monoisotopic (exact) mass is 249 g/mol. The van der Waals surface area contributed by atoms with Gasteiger partial charge in [-0.15, -0.1) is 22.7 Å². The van der Waals surface area contributed by atoms with E-state index in [0.29, 0.717) is 0 Å². The molecule has 4 heteroatoms. The first-order valence-corrected chi connectivity index (χ1v) is 6.75. The zero-order valence-electron chi connectivity index (χ0n) is 8.77. The second-order valence-corrected chi connectivity index (χ2v) is 5.60. The Morgan fingerprint density at radius 3 is 2.94 bits per heavy atom. The van der Waals surface area contributed by atoms with Crippen molar-refractivity contribution in [3.05, 3.63) is 46.5 Å². The van der Waals surface area contributed by atoms with Crippen LogP contribution >= 0.6 is 22.7 Å². The van der Waals surface area contributed by atoms with Crippen LogP contribution in [0, 0.1) is 0 Å². The van der Waals surface area contributed by atoms with E-state index in [1.807, 2.05) is 30.5 Å². The van der Waals surface area contributed by atoms with Gasteiger partial charge in [0.2, 0.25) is 0 Å². The van der Waals surface area contributed by atoms with Crippen LogP contribution in [0.2, 0.25) is 0 Å². The van der Waals surface area contributed by atoms with Gasteiger partial charge in [0.25, 0.3) is 0 Å². The Morgan fingerprint density at radius 1 is 1.31 bits per heavy atom. The molecule has 0 aliphatic rings. The number of furan rings is 1. The van der Waals surface area contributed by atoms with Crippen molar-refractivity contribution in [2.75, 3.05) is 7.05 Å². The molecule has 1 atom stereocenters. The molecule has 0 radical (unpaired) electrons. The number of rotatable bonds is 3. The molecule has 0 aliphatic carbocycles. The Kier molecular flexibility index (Phi) is 2.55. The summed E-state index contributed by atoms with van der Waals surface area (Å²) in [6.07, 6.45) is 1.72. The van der Waals surface area contributed by atoms with Gasteiger partial charge in [0.1, 0.15) is 11.8 Å². The average Bonchev–Trinajstić information content (AvgIpc) is 2.91. The molecular weight excluding hydrogens is 238 g/mol. The molecule has 0 aliphatic heterocycles. The lowest BCUT2D eigenvalue weighted by molar-refractivity contribution is 0.466. The van der Waals surface area contributed by atoms with Gasteiger partial charge in [0.05, 0.1) is 6.26 Å². The highest BCUT2D eigenvalue weighted by Gasteiger charge is 2.17. The van der Waals surface area contributed by atoms with E-state index in [0.717, 1.165) is 5.76 Å². The van der Waals surface area contributed by atoms with Gasteiger partial charge in [-0.3, -0.25) is 0 Å². The number of fused-ring (bicyclic) bond motifs is 1. The van der Waals surface area contributed by atoms with E-state index in [2.05, 4.69) is 22.8 Å². The minimum atomic E-state index is 0.166. The van der Waals surface area contributed by atoms with Gasteiger partial charge >= 0.3 is 0 Å². The minimum absolute atomic E-state index is 0.166. The Bertz CT molecular complexity index is 550. The van der Waals surface area contributed by atoms with Gasteiger partial charge < -0.3 is 9.73 Å². The standard InChI is InChI=1S/C12H11NOS2/c1-13-12(8-3-2-5-14-8)11-7-10-9(16-11)4-6-15-10/h2-7,12-13H,1H3. The van der Waals surface area contributed by atoms with Crippen LogP contribution < -0.4 is 5.32 Å². The molecule has 1 N–H and O–H groups in total. The molecule has 1 unspecified atom stereocenters. The van der Waals surface area contributed by atoms with Crippen LogP contribution in [0.5, 0.6) is 0 Å². The zero-order valence-corrected chi connectivity index (χ0v) is 10.4. The Balaban J connectivity index is 2.04. The maximum Gasteiger partial charge on any atom is 0.126 e. The van der Waals surface area contributed by atoms with Crippen molar-refractivity contribution in [3.8, 4) is 0 Å². The molecule has 3 aromatic heterocycles. The lowest BCUT2D eigenvalue weighted by Gasteiger charge is -2.10. The third-order valence-electron chi connectivity index (χ3n) is 2.56. The summed E-state index contributed by atoms with van der Waals surface area (Å²) in [6.45, 7) is 0. The second-order valence-electron chi connectivity index (χ2n) is 3.53. The molecule has 82 valence electrons. The molecule has 0 saturated heterocycles. The summed E-state index contributed by atoms with van der Waals surface area (Å²) in [7, 11) is 1.96. The van der Waals surface area contributed by atoms with Crippen molar-refractivity contribution >= 4 is 32.1 Å². The van der Waals surface area contributed by atoms with Crippen LogP contribution in [0.15, 0.2) is 40.3 Å². The molecule has 3 aromatic rings. The summed E-state index contributed by atoms with van der Waals surface area (Å²) in [5.74, 6) is 0.969. The number of thiophene rings is 2. The lowest BCUT2D eigenvalue weighted by Crippen LogP contribution is -2.15. The molecule has 0 bridgehead atoms. The fourth-order valence-electron chi connectivity index (χ4n) is 1.81. The quantitative estimate of drug-likeness (QED) is 0.762. The minimum Gasteiger partial charge on any atom is -0.467 e. The van der Waals surface area contributed by atoms with Gasteiger partial charge in [0.15, 0.2) is 0 Å². The number of hydrogen-bond donors (Lipinski definition) is 1.